The zero-order valence-corrected chi connectivity index (χ0v) is 7.55. The van der Waals surface area contributed by atoms with Crippen molar-refractivity contribution in [3.63, 3.8) is 0 Å². The van der Waals surface area contributed by atoms with Gasteiger partial charge in [-0.25, -0.2) is 0 Å². The van der Waals surface area contributed by atoms with E-state index >= 15 is 0 Å². The standard InChI is InChI=1S/C9H19NO/c1-3-7(2)8-4-9(5-10)11-6-8/h7-9H,3-6,10H2,1-2H3/t7-,8-,9+/m0/s1. The highest BCUT2D eigenvalue weighted by atomic mass is 16.5. The Bertz CT molecular complexity index is 116. The van der Waals surface area contributed by atoms with Crippen molar-refractivity contribution in [2.75, 3.05) is 13.2 Å². The molecule has 2 nitrogen and oxygen atoms in total. The topological polar surface area (TPSA) is 35.2 Å². The van der Waals surface area contributed by atoms with Gasteiger partial charge < -0.3 is 10.5 Å². The first-order valence-corrected chi connectivity index (χ1v) is 4.59. The van der Waals surface area contributed by atoms with Crippen molar-refractivity contribution < 1.29 is 4.74 Å². The second kappa shape index (κ2) is 4.07. The number of hydrogen-bond donors (Lipinski definition) is 1. The van der Waals surface area contributed by atoms with Gasteiger partial charge in [-0.05, 0) is 18.3 Å². The summed E-state index contributed by atoms with van der Waals surface area (Å²) in [6.07, 6.45) is 2.77. The highest BCUT2D eigenvalue weighted by Gasteiger charge is 2.27. The average Bonchev–Trinajstić information content (AvgIpc) is 2.50. The highest BCUT2D eigenvalue weighted by Crippen LogP contribution is 2.27. The summed E-state index contributed by atoms with van der Waals surface area (Å²) < 4.78 is 5.51. The minimum absolute atomic E-state index is 0.342. The Hall–Kier alpha value is -0.0800. The first-order valence-electron chi connectivity index (χ1n) is 4.59. The van der Waals surface area contributed by atoms with Crippen molar-refractivity contribution in [1.82, 2.24) is 0 Å². The van der Waals surface area contributed by atoms with Crippen molar-refractivity contribution >= 4 is 0 Å². The molecule has 3 atom stereocenters. The van der Waals surface area contributed by atoms with Gasteiger partial charge in [0, 0.05) is 6.54 Å². The Balaban J connectivity index is 2.29. The molecule has 0 aliphatic carbocycles. The molecule has 1 aliphatic heterocycles. The predicted octanol–water partition coefficient (Wildman–Crippen LogP) is 1.40. The van der Waals surface area contributed by atoms with Crippen LogP contribution in [0.25, 0.3) is 0 Å². The molecule has 0 radical (unpaired) electrons. The Morgan fingerprint density at radius 1 is 1.64 bits per heavy atom. The fraction of sp³-hybridized carbons (Fsp3) is 1.00. The SMILES string of the molecule is CC[C@H](C)[C@@H]1CO[C@@H](CN)C1. The second-order valence-corrected chi connectivity index (χ2v) is 3.57. The molecule has 1 heterocycles. The third-order valence-corrected chi connectivity index (χ3v) is 2.82. The molecule has 0 spiro atoms. The molecule has 2 N–H and O–H groups in total. The summed E-state index contributed by atoms with van der Waals surface area (Å²) in [5, 5.41) is 0. The predicted molar refractivity (Wildman–Crippen MR) is 46.4 cm³/mol. The third kappa shape index (κ3) is 2.17. The van der Waals surface area contributed by atoms with E-state index in [4.69, 9.17) is 10.5 Å². The second-order valence-electron chi connectivity index (χ2n) is 3.57. The van der Waals surface area contributed by atoms with Gasteiger partial charge in [-0.2, -0.15) is 0 Å². The summed E-state index contributed by atoms with van der Waals surface area (Å²) in [5.74, 6) is 1.56. The van der Waals surface area contributed by atoms with Crippen LogP contribution in [0.5, 0.6) is 0 Å². The molecular weight excluding hydrogens is 138 g/mol. The zero-order chi connectivity index (χ0) is 8.27. The molecule has 0 aromatic carbocycles. The van der Waals surface area contributed by atoms with Crippen LogP contribution < -0.4 is 5.73 Å². The number of ether oxygens (including phenoxy) is 1. The van der Waals surface area contributed by atoms with Gasteiger partial charge in [0.2, 0.25) is 0 Å². The van der Waals surface area contributed by atoms with Gasteiger partial charge in [-0.15, -0.1) is 0 Å². The van der Waals surface area contributed by atoms with Crippen LogP contribution in [-0.4, -0.2) is 19.3 Å². The van der Waals surface area contributed by atoms with Gasteiger partial charge in [0.1, 0.15) is 0 Å². The Morgan fingerprint density at radius 3 is 2.82 bits per heavy atom. The first kappa shape index (κ1) is 9.01. The largest absolute Gasteiger partial charge is 0.377 e. The van der Waals surface area contributed by atoms with Gasteiger partial charge in [-0.1, -0.05) is 20.3 Å². The minimum Gasteiger partial charge on any atom is -0.377 e. The molecule has 0 bridgehead atoms. The van der Waals surface area contributed by atoms with Gasteiger partial charge >= 0.3 is 0 Å². The quantitative estimate of drug-likeness (QED) is 0.672. The van der Waals surface area contributed by atoms with Crippen LogP contribution >= 0.6 is 0 Å². The van der Waals surface area contributed by atoms with E-state index in [2.05, 4.69) is 13.8 Å². The maximum Gasteiger partial charge on any atom is 0.0701 e. The first-order chi connectivity index (χ1) is 5.27. The molecule has 2 heteroatoms. The lowest BCUT2D eigenvalue weighted by Gasteiger charge is -2.14. The molecule has 0 saturated carbocycles. The summed E-state index contributed by atoms with van der Waals surface area (Å²) in [7, 11) is 0. The van der Waals surface area contributed by atoms with Crippen LogP contribution in [0.1, 0.15) is 26.7 Å². The van der Waals surface area contributed by atoms with E-state index < -0.39 is 0 Å². The molecule has 1 fully saturated rings. The summed E-state index contributed by atoms with van der Waals surface area (Å²) in [4.78, 5) is 0. The van der Waals surface area contributed by atoms with Crippen LogP contribution in [-0.2, 0) is 4.74 Å². The molecule has 0 amide bonds. The van der Waals surface area contributed by atoms with Crippen LogP contribution in [0.2, 0.25) is 0 Å². The maximum atomic E-state index is 5.51. The van der Waals surface area contributed by atoms with Gasteiger partial charge in [0.25, 0.3) is 0 Å². The average molecular weight is 157 g/mol. The number of nitrogens with two attached hydrogens (primary N) is 1. The molecule has 0 aromatic heterocycles. The zero-order valence-electron chi connectivity index (χ0n) is 7.55. The molecular formula is C9H19NO. The van der Waals surface area contributed by atoms with E-state index in [1.807, 2.05) is 0 Å². The number of hydrogen-bond acceptors (Lipinski definition) is 2. The van der Waals surface area contributed by atoms with Gasteiger partial charge in [-0.3, -0.25) is 0 Å². The smallest absolute Gasteiger partial charge is 0.0701 e. The monoisotopic (exact) mass is 157 g/mol. The molecule has 66 valence electrons. The Labute approximate surface area is 69.1 Å². The van der Waals surface area contributed by atoms with Crippen molar-refractivity contribution in [2.24, 2.45) is 17.6 Å². The lowest BCUT2D eigenvalue weighted by atomic mass is 9.90. The number of rotatable bonds is 3. The summed E-state index contributed by atoms with van der Waals surface area (Å²) in [5.41, 5.74) is 5.51. The van der Waals surface area contributed by atoms with Crippen molar-refractivity contribution in [2.45, 2.75) is 32.8 Å². The van der Waals surface area contributed by atoms with Crippen LogP contribution in [0, 0.1) is 11.8 Å². The van der Waals surface area contributed by atoms with E-state index in [-0.39, 0.29) is 0 Å². The third-order valence-electron chi connectivity index (χ3n) is 2.82. The molecule has 1 aliphatic rings. The summed E-state index contributed by atoms with van der Waals surface area (Å²) in [6.45, 7) is 6.15. The molecule has 1 saturated heterocycles. The van der Waals surface area contributed by atoms with Gasteiger partial charge in [0.05, 0.1) is 12.7 Å². The normalized spacial score (nSPS) is 34.1. The summed E-state index contributed by atoms with van der Waals surface area (Å²) >= 11 is 0. The fourth-order valence-corrected chi connectivity index (χ4v) is 1.63. The van der Waals surface area contributed by atoms with E-state index in [0.717, 1.165) is 18.4 Å². The van der Waals surface area contributed by atoms with Crippen molar-refractivity contribution in [1.29, 1.82) is 0 Å². The van der Waals surface area contributed by atoms with E-state index in [0.29, 0.717) is 12.6 Å². The van der Waals surface area contributed by atoms with Crippen molar-refractivity contribution in [3.8, 4) is 0 Å². The highest BCUT2D eigenvalue weighted by molar-refractivity contribution is 4.77. The molecule has 0 aromatic rings. The van der Waals surface area contributed by atoms with Crippen molar-refractivity contribution in [3.05, 3.63) is 0 Å². The van der Waals surface area contributed by atoms with Crippen LogP contribution in [0.15, 0.2) is 0 Å². The van der Waals surface area contributed by atoms with E-state index in [9.17, 15) is 0 Å². The van der Waals surface area contributed by atoms with Crippen LogP contribution in [0.3, 0.4) is 0 Å². The Kier molecular flexibility index (Phi) is 3.34. The molecule has 1 rings (SSSR count). The summed E-state index contributed by atoms with van der Waals surface area (Å²) in [6, 6.07) is 0. The molecule has 11 heavy (non-hydrogen) atoms. The maximum absolute atomic E-state index is 5.51. The minimum atomic E-state index is 0.342. The Morgan fingerprint density at radius 2 is 2.36 bits per heavy atom. The fourth-order valence-electron chi connectivity index (χ4n) is 1.63. The van der Waals surface area contributed by atoms with Crippen LogP contribution in [0.4, 0.5) is 0 Å². The van der Waals surface area contributed by atoms with E-state index in [1.54, 1.807) is 0 Å². The lowest BCUT2D eigenvalue weighted by molar-refractivity contribution is 0.108. The lowest BCUT2D eigenvalue weighted by Crippen LogP contribution is -2.19. The molecule has 0 unspecified atom stereocenters. The van der Waals surface area contributed by atoms with E-state index in [1.165, 1.54) is 12.8 Å². The van der Waals surface area contributed by atoms with Gasteiger partial charge in [0.15, 0.2) is 0 Å².